The van der Waals surface area contributed by atoms with E-state index in [9.17, 15) is 14.6 Å². The van der Waals surface area contributed by atoms with Crippen molar-refractivity contribution < 1.29 is 13.9 Å². The van der Waals surface area contributed by atoms with E-state index in [2.05, 4.69) is 48.9 Å². The molecule has 0 aliphatic rings. The summed E-state index contributed by atoms with van der Waals surface area (Å²) in [7, 11) is -2.40. The van der Waals surface area contributed by atoms with Crippen LogP contribution in [0.15, 0.2) is 55.1 Å². The van der Waals surface area contributed by atoms with Crippen molar-refractivity contribution in [1.29, 1.82) is 5.26 Å². The van der Waals surface area contributed by atoms with Crippen molar-refractivity contribution in [3.05, 3.63) is 81.1 Å². The van der Waals surface area contributed by atoms with Gasteiger partial charge < -0.3 is 14.8 Å². The van der Waals surface area contributed by atoms with E-state index in [-0.39, 0.29) is 17.5 Å². The summed E-state index contributed by atoms with van der Waals surface area (Å²) in [5.74, 6) is -0.436. The van der Waals surface area contributed by atoms with Crippen LogP contribution < -0.4 is 15.9 Å². The summed E-state index contributed by atoms with van der Waals surface area (Å²) in [6.45, 7) is 2.16. The minimum Gasteiger partial charge on any atom is -0.350 e. The number of nitrogens with one attached hydrogen (secondary N) is 2. The molecule has 2 aromatic carbocycles. The monoisotopic (exact) mass is 585 g/mol. The second-order valence-corrected chi connectivity index (χ2v) is 11.2. The lowest BCUT2D eigenvalue weighted by Gasteiger charge is -2.19. The molecule has 0 aliphatic heterocycles. The maximum absolute atomic E-state index is 14.6. The first-order chi connectivity index (χ1) is 16.4. The van der Waals surface area contributed by atoms with Crippen LogP contribution in [-0.2, 0) is 22.1 Å². The number of nitrogens with zero attached hydrogens (tertiary/aromatic N) is 3. The fourth-order valence-corrected chi connectivity index (χ4v) is 6.49. The van der Waals surface area contributed by atoms with Crippen molar-refractivity contribution in [2.24, 2.45) is 0 Å². The Morgan fingerprint density at radius 2 is 1.97 bits per heavy atom. The van der Waals surface area contributed by atoms with Gasteiger partial charge in [0.1, 0.15) is 12.0 Å². The van der Waals surface area contributed by atoms with Crippen LogP contribution in [0, 0.1) is 14.9 Å². The Labute approximate surface area is 210 Å². The number of fused-ring (bicyclic) bond motifs is 1. The summed E-state index contributed by atoms with van der Waals surface area (Å²) >= 11 is 2.17. The van der Waals surface area contributed by atoms with Crippen LogP contribution >= 0.6 is 30.0 Å². The van der Waals surface area contributed by atoms with Gasteiger partial charge in [-0.1, -0.05) is 6.92 Å². The molecule has 0 spiro atoms. The van der Waals surface area contributed by atoms with Crippen LogP contribution in [0.3, 0.4) is 0 Å². The summed E-state index contributed by atoms with van der Waals surface area (Å²) < 4.78 is 21.2. The zero-order valence-electron chi connectivity index (χ0n) is 18.5. The number of hydrogen-bond acceptors (Lipinski definition) is 6. The SMILES string of the molecule is CCc1cc(C#N)cc(P(=O)(OC)c2c(C(=O)NCc3cncnc3)[nH]c3ccc(I)cc23)c1. The maximum atomic E-state index is 14.6. The van der Waals surface area contributed by atoms with Gasteiger partial charge in [-0.2, -0.15) is 5.26 Å². The van der Waals surface area contributed by atoms with Crippen LogP contribution in [0.25, 0.3) is 10.9 Å². The predicted octanol–water partition coefficient (Wildman–Crippen LogP) is 3.80. The van der Waals surface area contributed by atoms with Crippen LogP contribution in [0.5, 0.6) is 0 Å². The average Bonchev–Trinajstić information content (AvgIpc) is 3.26. The smallest absolute Gasteiger partial charge is 0.268 e. The molecule has 172 valence electrons. The number of carbonyl (C=O) groups excluding carboxylic acids is 1. The molecule has 34 heavy (non-hydrogen) atoms. The van der Waals surface area contributed by atoms with Crippen molar-refractivity contribution in [1.82, 2.24) is 20.3 Å². The van der Waals surface area contributed by atoms with Crippen LogP contribution in [0.1, 0.15) is 34.1 Å². The fraction of sp³-hybridized carbons (Fsp3) is 0.167. The molecular weight excluding hydrogens is 564 g/mol. The van der Waals surface area contributed by atoms with Gasteiger partial charge in [0.05, 0.1) is 16.9 Å². The maximum Gasteiger partial charge on any atom is 0.268 e. The molecule has 2 aromatic heterocycles. The van der Waals surface area contributed by atoms with Crippen molar-refractivity contribution >= 4 is 57.4 Å². The summed E-state index contributed by atoms with van der Waals surface area (Å²) in [6, 6.07) is 12.8. The number of aryl methyl sites for hydroxylation is 1. The molecule has 0 aliphatic carbocycles. The van der Waals surface area contributed by atoms with E-state index >= 15 is 0 Å². The second kappa shape index (κ2) is 10.1. The summed E-state index contributed by atoms with van der Waals surface area (Å²) in [5, 5.41) is 13.6. The zero-order valence-corrected chi connectivity index (χ0v) is 21.6. The molecule has 8 nitrogen and oxygen atoms in total. The van der Waals surface area contributed by atoms with E-state index < -0.39 is 13.3 Å². The molecule has 0 fully saturated rings. The molecule has 0 saturated carbocycles. The molecular formula is C24H21IN5O3P. The Morgan fingerprint density at radius 3 is 2.65 bits per heavy atom. The lowest BCUT2D eigenvalue weighted by Crippen LogP contribution is -2.30. The Balaban J connectivity index is 1.89. The number of rotatable bonds is 7. The number of nitriles is 1. The average molecular weight is 585 g/mol. The standard InChI is InChI=1S/C24H21IN5O3P/c1-3-15-6-16(10-26)8-19(7-15)34(32,33-2)23-20-9-18(25)4-5-21(20)30-22(23)24(31)29-13-17-11-27-14-28-12-17/h4-9,11-12,14,30H,3,13H2,1-2H3,(H,29,31). The van der Waals surface area contributed by atoms with E-state index in [0.717, 1.165) is 14.7 Å². The first kappa shape index (κ1) is 24.1. The molecule has 1 unspecified atom stereocenters. The van der Waals surface area contributed by atoms with Gasteiger partial charge in [-0.15, -0.1) is 0 Å². The highest BCUT2D eigenvalue weighted by molar-refractivity contribution is 14.1. The molecule has 0 radical (unpaired) electrons. The number of H-pyrrole nitrogens is 1. The van der Waals surface area contributed by atoms with Gasteiger partial charge >= 0.3 is 0 Å². The lowest BCUT2D eigenvalue weighted by molar-refractivity contribution is 0.0947. The van der Waals surface area contributed by atoms with Crippen molar-refractivity contribution in [2.45, 2.75) is 19.9 Å². The quantitative estimate of drug-likeness (QED) is 0.252. The van der Waals surface area contributed by atoms with Gasteiger partial charge in [0.15, 0.2) is 0 Å². The fourth-order valence-electron chi connectivity index (χ4n) is 3.75. The predicted molar refractivity (Wildman–Crippen MR) is 139 cm³/mol. The van der Waals surface area contributed by atoms with E-state index in [4.69, 9.17) is 4.52 Å². The van der Waals surface area contributed by atoms with E-state index in [1.165, 1.54) is 13.4 Å². The van der Waals surface area contributed by atoms with Gasteiger partial charge in [0.25, 0.3) is 13.3 Å². The van der Waals surface area contributed by atoms with E-state index in [1.54, 1.807) is 30.6 Å². The molecule has 10 heteroatoms. The van der Waals surface area contributed by atoms with Gasteiger partial charge in [0, 0.05) is 51.4 Å². The Bertz CT molecular complexity index is 1460. The minimum absolute atomic E-state index is 0.152. The third-order valence-electron chi connectivity index (χ3n) is 5.43. The highest BCUT2D eigenvalue weighted by Crippen LogP contribution is 2.47. The van der Waals surface area contributed by atoms with Gasteiger partial charge in [0.2, 0.25) is 0 Å². The number of aromatic amines is 1. The number of amides is 1. The number of aromatic nitrogens is 3. The Hall–Kier alpha value is -3.06. The van der Waals surface area contributed by atoms with E-state index in [1.807, 2.05) is 25.1 Å². The van der Waals surface area contributed by atoms with Gasteiger partial charge in [-0.05, 0) is 71.0 Å². The normalized spacial score (nSPS) is 12.8. The topological polar surface area (TPSA) is 121 Å². The molecule has 1 atom stereocenters. The third-order valence-corrected chi connectivity index (χ3v) is 8.61. The van der Waals surface area contributed by atoms with Gasteiger partial charge in [-0.25, -0.2) is 9.97 Å². The zero-order chi connectivity index (χ0) is 24.3. The Kier molecular flexibility index (Phi) is 7.12. The molecule has 0 bridgehead atoms. The summed E-state index contributed by atoms with van der Waals surface area (Å²) in [5.41, 5.74) is 2.78. The molecule has 4 aromatic rings. The molecule has 4 rings (SSSR count). The van der Waals surface area contributed by atoms with Crippen LogP contribution in [-0.4, -0.2) is 28.0 Å². The van der Waals surface area contributed by atoms with Crippen LogP contribution in [0.4, 0.5) is 0 Å². The molecule has 1 amide bonds. The first-order valence-electron chi connectivity index (χ1n) is 10.4. The number of benzene rings is 2. The van der Waals surface area contributed by atoms with Crippen LogP contribution in [0.2, 0.25) is 0 Å². The number of halogens is 1. The largest absolute Gasteiger partial charge is 0.350 e. The molecule has 0 saturated heterocycles. The lowest BCUT2D eigenvalue weighted by atomic mass is 10.1. The summed E-state index contributed by atoms with van der Waals surface area (Å²) in [4.78, 5) is 24.4. The third kappa shape index (κ3) is 4.62. The minimum atomic E-state index is -3.76. The highest BCUT2D eigenvalue weighted by Gasteiger charge is 2.36. The summed E-state index contributed by atoms with van der Waals surface area (Å²) in [6.07, 6.45) is 5.30. The van der Waals surface area contributed by atoms with Crippen molar-refractivity contribution in [2.75, 3.05) is 7.11 Å². The Morgan fingerprint density at radius 1 is 1.21 bits per heavy atom. The van der Waals surface area contributed by atoms with E-state index in [0.29, 0.717) is 28.2 Å². The molecule has 2 N–H and O–H groups in total. The van der Waals surface area contributed by atoms with Gasteiger partial charge in [-0.3, -0.25) is 9.36 Å². The number of carbonyl (C=O) groups is 1. The second-order valence-electron chi connectivity index (χ2n) is 7.56. The first-order valence-corrected chi connectivity index (χ1v) is 13.1. The highest BCUT2D eigenvalue weighted by atomic mass is 127. The molecule has 2 heterocycles. The van der Waals surface area contributed by atoms with Crippen molar-refractivity contribution in [3.63, 3.8) is 0 Å². The van der Waals surface area contributed by atoms with Crippen molar-refractivity contribution in [3.8, 4) is 6.07 Å². The number of hydrogen-bond donors (Lipinski definition) is 2.